The largest absolute Gasteiger partial charge is 0.454 e. The number of ether oxygens (including phenoxy) is 2. The molecule has 0 fully saturated rings. The lowest BCUT2D eigenvalue weighted by Crippen LogP contribution is -2.22. The minimum absolute atomic E-state index is 0.265. The standard InChI is InChI=1S/C16H24ClNO2/c1-3-5-6-12(4-2)9-18-10-13-7-14(17)16-15(8-13)19-11-20-16/h7-8,12,18H,3-6,9-11H2,1-2H3. The van der Waals surface area contributed by atoms with E-state index >= 15 is 0 Å². The zero-order valence-corrected chi connectivity index (χ0v) is 13.1. The quantitative estimate of drug-likeness (QED) is 0.772. The van der Waals surface area contributed by atoms with Gasteiger partial charge >= 0.3 is 0 Å². The van der Waals surface area contributed by atoms with Crippen LogP contribution in [0.25, 0.3) is 0 Å². The fraction of sp³-hybridized carbons (Fsp3) is 0.625. The lowest BCUT2D eigenvalue weighted by atomic mass is 9.99. The van der Waals surface area contributed by atoms with Gasteiger partial charge in [-0.25, -0.2) is 0 Å². The third-order valence-corrected chi connectivity index (χ3v) is 4.07. The Kier molecular flexibility index (Phi) is 5.99. The maximum atomic E-state index is 6.18. The van der Waals surface area contributed by atoms with E-state index in [9.17, 15) is 0 Å². The van der Waals surface area contributed by atoms with E-state index < -0.39 is 0 Å². The fourth-order valence-corrected chi connectivity index (χ4v) is 2.77. The number of benzene rings is 1. The Labute approximate surface area is 126 Å². The van der Waals surface area contributed by atoms with Gasteiger partial charge in [0.2, 0.25) is 6.79 Å². The summed E-state index contributed by atoms with van der Waals surface area (Å²) in [5.41, 5.74) is 1.14. The van der Waals surface area contributed by atoms with Crippen molar-refractivity contribution in [2.75, 3.05) is 13.3 Å². The molecule has 0 spiro atoms. The van der Waals surface area contributed by atoms with Crippen molar-refractivity contribution in [1.82, 2.24) is 5.32 Å². The molecule has 3 nitrogen and oxygen atoms in total. The summed E-state index contributed by atoms with van der Waals surface area (Å²) in [7, 11) is 0. The number of fused-ring (bicyclic) bond motifs is 1. The Bertz CT molecular complexity index is 437. The highest BCUT2D eigenvalue weighted by molar-refractivity contribution is 6.32. The van der Waals surface area contributed by atoms with E-state index in [1.807, 2.05) is 12.1 Å². The van der Waals surface area contributed by atoms with Crippen molar-refractivity contribution in [3.63, 3.8) is 0 Å². The number of unbranched alkanes of at least 4 members (excludes halogenated alkanes) is 1. The summed E-state index contributed by atoms with van der Waals surface area (Å²) in [6, 6.07) is 3.96. The predicted octanol–water partition coefficient (Wildman–Crippen LogP) is 4.37. The summed E-state index contributed by atoms with van der Waals surface area (Å²) in [6.45, 7) is 6.65. The van der Waals surface area contributed by atoms with Crippen LogP contribution in [-0.4, -0.2) is 13.3 Å². The molecule has 1 unspecified atom stereocenters. The Morgan fingerprint density at radius 2 is 2.15 bits per heavy atom. The molecule has 1 atom stereocenters. The second-order valence-electron chi connectivity index (χ2n) is 5.36. The Hall–Kier alpha value is -0.930. The summed E-state index contributed by atoms with van der Waals surface area (Å²) in [5.74, 6) is 2.19. The topological polar surface area (TPSA) is 30.5 Å². The van der Waals surface area contributed by atoms with Crippen LogP contribution in [0, 0.1) is 5.92 Å². The first kappa shape index (κ1) is 15.5. The molecule has 2 rings (SSSR count). The highest BCUT2D eigenvalue weighted by Gasteiger charge is 2.18. The average molecular weight is 298 g/mol. The van der Waals surface area contributed by atoms with Crippen LogP contribution in [0.5, 0.6) is 11.5 Å². The molecule has 1 aliphatic heterocycles. The highest BCUT2D eigenvalue weighted by atomic mass is 35.5. The van der Waals surface area contributed by atoms with Crippen LogP contribution >= 0.6 is 11.6 Å². The van der Waals surface area contributed by atoms with Crippen molar-refractivity contribution in [2.45, 2.75) is 46.1 Å². The van der Waals surface area contributed by atoms with Crippen LogP contribution in [0.1, 0.15) is 45.1 Å². The predicted molar refractivity (Wildman–Crippen MR) is 82.6 cm³/mol. The van der Waals surface area contributed by atoms with Gasteiger partial charge in [0.25, 0.3) is 0 Å². The molecule has 0 amide bonds. The van der Waals surface area contributed by atoms with Crippen molar-refractivity contribution >= 4 is 11.6 Å². The van der Waals surface area contributed by atoms with Gasteiger partial charge in [0.05, 0.1) is 5.02 Å². The van der Waals surface area contributed by atoms with E-state index in [1.54, 1.807) is 0 Å². The van der Waals surface area contributed by atoms with Gasteiger partial charge in [-0.05, 0) is 36.6 Å². The molecule has 1 aromatic rings. The second-order valence-corrected chi connectivity index (χ2v) is 5.77. The van der Waals surface area contributed by atoms with Crippen LogP contribution in [0.3, 0.4) is 0 Å². The third-order valence-electron chi connectivity index (χ3n) is 3.79. The van der Waals surface area contributed by atoms with E-state index in [1.165, 1.54) is 25.7 Å². The van der Waals surface area contributed by atoms with Crippen LogP contribution < -0.4 is 14.8 Å². The maximum absolute atomic E-state index is 6.18. The van der Waals surface area contributed by atoms with Gasteiger partial charge < -0.3 is 14.8 Å². The summed E-state index contributed by atoms with van der Waals surface area (Å²) < 4.78 is 10.7. The molecular formula is C16H24ClNO2. The molecule has 1 aromatic carbocycles. The normalized spacial score (nSPS) is 14.6. The van der Waals surface area contributed by atoms with E-state index in [4.69, 9.17) is 21.1 Å². The maximum Gasteiger partial charge on any atom is 0.231 e. The molecule has 20 heavy (non-hydrogen) atoms. The van der Waals surface area contributed by atoms with Gasteiger partial charge in [0.1, 0.15) is 0 Å². The van der Waals surface area contributed by atoms with Gasteiger partial charge in [-0.15, -0.1) is 0 Å². The first-order valence-corrected chi connectivity index (χ1v) is 7.91. The second kappa shape index (κ2) is 7.75. The first-order valence-electron chi connectivity index (χ1n) is 7.53. The monoisotopic (exact) mass is 297 g/mol. The summed E-state index contributed by atoms with van der Waals surface area (Å²) in [4.78, 5) is 0. The molecule has 0 aliphatic carbocycles. The smallest absolute Gasteiger partial charge is 0.231 e. The Balaban J connectivity index is 1.83. The molecule has 1 aliphatic rings. The van der Waals surface area contributed by atoms with Crippen molar-refractivity contribution in [3.05, 3.63) is 22.7 Å². The number of nitrogens with one attached hydrogen (secondary N) is 1. The molecule has 0 saturated heterocycles. The number of rotatable bonds is 8. The van der Waals surface area contributed by atoms with Crippen molar-refractivity contribution in [1.29, 1.82) is 0 Å². The van der Waals surface area contributed by atoms with E-state index in [2.05, 4.69) is 19.2 Å². The van der Waals surface area contributed by atoms with Crippen molar-refractivity contribution < 1.29 is 9.47 Å². The Morgan fingerprint density at radius 1 is 1.30 bits per heavy atom. The Morgan fingerprint density at radius 3 is 2.90 bits per heavy atom. The van der Waals surface area contributed by atoms with Crippen LogP contribution in [0.2, 0.25) is 5.02 Å². The number of hydrogen-bond acceptors (Lipinski definition) is 3. The van der Waals surface area contributed by atoms with Gasteiger partial charge in [0, 0.05) is 6.54 Å². The third kappa shape index (κ3) is 4.03. The average Bonchev–Trinajstić information content (AvgIpc) is 2.91. The van der Waals surface area contributed by atoms with Crippen LogP contribution in [-0.2, 0) is 6.54 Å². The lowest BCUT2D eigenvalue weighted by molar-refractivity contribution is 0.174. The van der Waals surface area contributed by atoms with Crippen LogP contribution in [0.4, 0.5) is 0 Å². The number of halogens is 1. The zero-order valence-electron chi connectivity index (χ0n) is 12.4. The molecule has 1 N–H and O–H groups in total. The minimum Gasteiger partial charge on any atom is -0.454 e. The molecule has 0 bridgehead atoms. The van der Waals surface area contributed by atoms with Gasteiger partial charge in [-0.1, -0.05) is 44.7 Å². The summed E-state index contributed by atoms with van der Waals surface area (Å²) in [5, 5.41) is 4.16. The molecule has 0 aromatic heterocycles. The molecule has 1 heterocycles. The summed E-state index contributed by atoms with van der Waals surface area (Å²) >= 11 is 6.18. The van der Waals surface area contributed by atoms with E-state index in [0.717, 1.165) is 30.3 Å². The van der Waals surface area contributed by atoms with Gasteiger partial charge in [0.15, 0.2) is 11.5 Å². The summed E-state index contributed by atoms with van der Waals surface area (Å²) in [6.07, 6.45) is 5.13. The highest BCUT2D eigenvalue weighted by Crippen LogP contribution is 2.39. The fourth-order valence-electron chi connectivity index (χ4n) is 2.49. The molecule has 112 valence electrons. The molecule has 0 saturated carbocycles. The minimum atomic E-state index is 0.265. The van der Waals surface area contributed by atoms with Gasteiger partial charge in [-0.2, -0.15) is 0 Å². The van der Waals surface area contributed by atoms with Crippen LogP contribution in [0.15, 0.2) is 12.1 Å². The lowest BCUT2D eigenvalue weighted by Gasteiger charge is -2.15. The first-order chi connectivity index (χ1) is 9.74. The molecule has 0 radical (unpaired) electrons. The number of hydrogen-bond donors (Lipinski definition) is 1. The molecular weight excluding hydrogens is 274 g/mol. The van der Waals surface area contributed by atoms with Gasteiger partial charge in [-0.3, -0.25) is 0 Å². The molecule has 4 heteroatoms. The SMILES string of the molecule is CCCCC(CC)CNCc1cc(Cl)c2c(c1)OCO2. The van der Waals surface area contributed by atoms with Crippen molar-refractivity contribution in [3.8, 4) is 11.5 Å². The zero-order chi connectivity index (χ0) is 14.4. The van der Waals surface area contributed by atoms with E-state index in [0.29, 0.717) is 10.8 Å². The van der Waals surface area contributed by atoms with E-state index in [-0.39, 0.29) is 6.79 Å². The van der Waals surface area contributed by atoms with Crippen molar-refractivity contribution in [2.24, 2.45) is 5.92 Å².